The van der Waals surface area contributed by atoms with Gasteiger partial charge in [0, 0.05) is 35.3 Å². The number of nitrogens with zero attached hydrogens (tertiary/aromatic N) is 4. The number of aromatic nitrogens is 4. The zero-order valence-corrected chi connectivity index (χ0v) is 19.8. The highest BCUT2D eigenvalue weighted by atomic mass is 35.5. The van der Waals surface area contributed by atoms with Crippen LogP contribution in [0.4, 0.5) is 17.6 Å². The van der Waals surface area contributed by atoms with Gasteiger partial charge < -0.3 is 22.1 Å². The Labute approximate surface area is 204 Å². The van der Waals surface area contributed by atoms with Crippen LogP contribution in [0.15, 0.2) is 29.1 Å². The zero-order chi connectivity index (χ0) is 24.2. The number of halogens is 1. The zero-order valence-electron chi connectivity index (χ0n) is 18.3. The van der Waals surface area contributed by atoms with Gasteiger partial charge in [0.15, 0.2) is 0 Å². The van der Waals surface area contributed by atoms with Crippen LogP contribution in [-0.2, 0) is 6.42 Å². The van der Waals surface area contributed by atoms with Crippen LogP contribution in [0.3, 0.4) is 0 Å². The Kier molecular flexibility index (Phi) is 5.42. The molecule has 0 saturated carbocycles. The molecule has 0 amide bonds. The van der Waals surface area contributed by atoms with Crippen molar-refractivity contribution in [2.24, 2.45) is 11.1 Å². The van der Waals surface area contributed by atoms with Gasteiger partial charge in [-0.2, -0.15) is 4.98 Å². The van der Waals surface area contributed by atoms with E-state index in [1.54, 1.807) is 17.4 Å². The van der Waals surface area contributed by atoms with Crippen molar-refractivity contribution in [1.82, 2.24) is 19.9 Å². The predicted octanol–water partition coefficient (Wildman–Crippen LogP) is 2.36. The monoisotopic (exact) mass is 497 g/mol. The molecule has 3 aromatic rings. The average molecular weight is 498 g/mol. The number of nitrogen functional groups attached to an aromatic ring is 2. The van der Waals surface area contributed by atoms with E-state index < -0.39 is 5.56 Å². The molecule has 4 heterocycles. The van der Waals surface area contributed by atoms with Crippen LogP contribution < -0.4 is 27.7 Å². The second-order valence-corrected chi connectivity index (χ2v) is 10.0. The first-order valence-corrected chi connectivity index (χ1v) is 12.0. The van der Waals surface area contributed by atoms with Gasteiger partial charge in [0.25, 0.3) is 5.56 Å². The first-order chi connectivity index (χ1) is 16.2. The molecule has 176 valence electrons. The largest absolute Gasteiger partial charge is 0.383 e. The number of pyridine rings is 1. The summed E-state index contributed by atoms with van der Waals surface area (Å²) in [6.07, 6.45) is 4.11. The van der Waals surface area contributed by atoms with E-state index >= 15 is 0 Å². The smallest absolute Gasteiger partial charge is 0.263 e. The van der Waals surface area contributed by atoms with Gasteiger partial charge in [-0.25, -0.2) is 9.97 Å². The highest BCUT2D eigenvalue weighted by Gasteiger charge is 2.47. The third kappa shape index (κ3) is 3.47. The van der Waals surface area contributed by atoms with Crippen molar-refractivity contribution in [3.8, 4) is 0 Å². The number of H-pyrrole nitrogens is 1. The molecule has 1 aliphatic carbocycles. The van der Waals surface area contributed by atoms with Crippen LogP contribution in [-0.4, -0.2) is 38.7 Å². The maximum atomic E-state index is 13.0. The van der Waals surface area contributed by atoms with Crippen LogP contribution >= 0.6 is 22.9 Å². The maximum Gasteiger partial charge on any atom is 0.263 e. The van der Waals surface area contributed by atoms with Gasteiger partial charge in [0.1, 0.15) is 17.2 Å². The molecule has 10 nitrogen and oxygen atoms in total. The number of piperidine rings is 1. The molecule has 1 atom stereocenters. The van der Waals surface area contributed by atoms with Crippen molar-refractivity contribution in [2.45, 2.75) is 25.3 Å². The Morgan fingerprint density at radius 1 is 1.29 bits per heavy atom. The number of hydrogen-bond acceptors (Lipinski definition) is 10. The second-order valence-electron chi connectivity index (χ2n) is 8.73. The minimum atomic E-state index is -0.518. The summed E-state index contributed by atoms with van der Waals surface area (Å²) in [6.45, 7) is 5.27. The Bertz CT molecular complexity index is 1370. The van der Waals surface area contributed by atoms with E-state index in [1.807, 2.05) is 10.4 Å². The molecule has 8 N–H and O–H groups in total. The number of nitrogens with two attached hydrogens (primary N) is 3. The van der Waals surface area contributed by atoms with Crippen LogP contribution in [0.2, 0.25) is 5.02 Å². The lowest BCUT2D eigenvalue weighted by atomic mass is 9.74. The fraction of sp³-hybridized carbons (Fsp3) is 0.318. The minimum Gasteiger partial charge on any atom is -0.383 e. The lowest BCUT2D eigenvalue weighted by molar-refractivity contribution is 0.185. The van der Waals surface area contributed by atoms with Gasteiger partial charge in [0.05, 0.1) is 28.0 Å². The predicted molar refractivity (Wildman–Crippen MR) is 135 cm³/mol. The van der Waals surface area contributed by atoms with Crippen LogP contribution in [0.25, 0.3) is 5.57 Å². The Hall–Kier alpha value is -3.28. The molecule has 34 heavy (non-hydrogen) atoms. The Morgan fingerprint density at radius 2 is 2.03 bits per heavy atom. The van der Waals surface area contributed by atoms with Gasteiger partial charge in [0.2, 0.25) is 5.95 Å². The van der Waals surface area contributed by atoms with E-state index in [0.717, 1.165) is 25.0 Å². The van der Waals surface area contributed by atoms with E-state index in [2.05, 4.69) is 26.5 Å². The van der Waals surface area contributed by atoms with Crippen molar-refractivity contribution < 1.29 is 0 Å². The van der Waals surface area contributed by atoms with Gasteiger partial charge in [-0.3, -0.25) is 15.2 Å². The molecule has 0 unspecified atom stereocenters. The molecular weight excluding hydrogens is 474 g/mol. The number of aromatic amines is 1. The lowest BCUT2D eigenvalue weighted by Crippen LogP contribution is -2.45. The summed E-state index contributed by atoms with van der Waals surface area (Å²) in [6, 6.07) is 1.50. The number of nitrogens with one attached hydrogen (secondary N) is 2. The molecule has 0 aromatic carbocycles. The van der Waals surface area contributed by atoms with Crippen molar-refractivity contribution in [3.63, 3.8) is 0 Å². The Morgan fingerprint density at radius 3 is 2.71 bits per heavy atom. The number of fused-ring (bicyclic) bond motifs is 1. The SMILES string of the molecule is C=C(C(=N)c1c(N)nc(N2CCC3(CC2)Cc2scnc2[C@H]3N)[nH]c1=O)c1ccnc(N)c1Cl. The van der Waals surface area contributed by atoms with E-state index in [1.165, 1.54) is 11.1 Å². The topological polar surface area (TPSA) is 177 Å². The molecule has 1 saturated heterocycles. The lowest BCUT2D eigenvalue weighted by Gasteiger charge is -2.42. The summed E-state index contributed by atoms with van der Waals surface area (Å²) in [5.41, 5.74) is 21.2. The van der Waals surface area contributed by atoms with Crippen molar-refractivity contribution in [2.75, 3.05) is 29.5 Å². The summed E-state index contributed by atoms with van der Waals surface area (Å²) in [5.74, 6) is 0.441. The van der Waals surface area contributed by atoms with Gasteiger partial charge >= 0.3 is 0 Å². The molecule has 1 spiro atoms. The van der Waals surface area contributed by atoms with Crippen molar-refractivity contribution in [1.29, 1.82) is 5.41 Å². The standard InChI is InChI=1S/C22H24ClN9OS/c1-10(11-2-5-28-19(27)14(11)23)15(24)13-18(26)30-21(31-20(13)33)32-6-3-22(4-7-32)8-12-16(17(22)25)29-9-34-12/h2,5,9,17,24H,1,3-4,6-8,25H2,(H2,27,28)(H3,26,30,31,33)/t17-/m1/s1. The summed E-state index contributed by atoms with van der Waals surface area (Å²) < 4.78 is 0. The fourth-order valence-corrected chi connectivity index (χ4v) is 6.08. The van der Waals surface area contributed by atoms with Crippen molar-refractivity contribution in [3.05, 3.63) is 61.4 Å². The summed E-state index contributed by atoms with van der Waals surface area (Å²) in [5, 5.41) is 8.69. The molecule has 1 fully saturated rings. The summed E-state index contributed by atoms with van der Waals surface area (Å²) in [7, 11) is 0. The Balaban J connectivity index is 1.36. The highest BCUT2D eigenvalue weighted by Crippen LogP contribution is 2.51. The van der Waals surface area contributed by atoms with Gasteiger partial charge in [-0.05, 0) is 30.7 Å². The molecular formula is C22H24ClN9OS. The quantitative estimate of drug-likeness (QED) is 0.341. The van der Waals surface area contributed by atoms with Gasteiger partial charge in [-0.1, -0.05) is 18.2 Å². The molecule has 0 bridgehead atoms. The summed E-state index contributed by atoms with van der Waals surface area (Å²) >= 11 is 7.88. The van der Waals surface area contributed by atoms with Crippen LogP contribution in [0.5, 0.6) is 0 Å². The van der Waals surface area contributed by atoms with Gasteiger partial charge in [-0.15, -0.1) is 11.3 Å². The molecule has 3 aromatic heterocycles. The highest BCUT2D eigenvalue weighted by molar-refractivity contribution is 7.09. The fourth-order valence-electron chi connectivity index (χ4n) is 4.88. The van der Waals surface area contributed by atoms with E-state index in [4.69, 9.17) is 34.2 Å². The normalized spacial score (nSPS) is 18.8. The van der Waals surface area contributed by atoms with E-state index in [9.17, 15) is 4.79 Å². The maximum absolute atomic E-state index is 13.0. The molecule has 12 heteroatoms. The van der Waals surface area contributed by atoms with Crippen LogP contribution in [0.1, 0.15) is 40.6 Å². The summed E-state index contributed by atoms with van der Waals surface area (Å²) in [4.78, 5) is 31.8. The van der Waals surface area contributed by atoms with E-state index in [0.29, 0.717) is 24.6 Å². The number of hydrogen-bond donors (Lipinski definition) is 5. The second kappa shape index (κ2) is 8.19. The minimum absolute atomic E-state index is 0.0107. The first kappa shape index (κ1) is 22.5. The average Bonchev–Trinajstić information content (AvgIpc) is 3.36. The number of thiazole rings is 1. The molecule has 0 radical (unpaired) electrons. The third-order valence-corrected chi connectivity index (χ3v) is 8.17. The molecule has 5 rings (SSSR count). The third-order valence-electron chi connectivity index (χ3n) is 6.93. The number of rotatable bonds is 4. The molecule has 1 aliphatic heterocycles. The van der Waals surface area contributed by atoms with E-state index in [-0.39, 0.29) is 45.0 Å². The molecule has 2 aliphatic rings. The number of anilines is 3. The van der Waals surface area contributed by atoms with Crippen molar-refractivity contribution >= 4 is 51.8 Å². The number of allylic oxidation sites excluding steroid dienone is 1. The first-order valence-electron chi connectivity index (χ1n) is 10.7. The van der Waals surface area contributed by atoms with Crippen LogP contribution in [0, 0.1) is 10.8 Å².